The van der Waals surface area contributed by atoms with Gasteiger partial charge in [-0.25, -0.2) is 0 Å². The average molecular weight is 547 g/mol. The molecule has 10 nitrogen and oxygen atoms in total. The molecule has 2 fully saturated rings. The fourth-order valence-corrected chi connectivity index (χ4v) is 3.42. The Morgan fingerprint density at radius 2 is 1.54 bits per heavy atom. The van der Waals surface area contributed by atoms with Crippen molar-refractivity contribution in [3.05, 3.63) is 65.7 Å². The molecule has 2 aromatic carbocycles. The predicted octanol–water partition coefficient (Wildman–Crippen LogP) is 1.55. The molecule has 6 N–H and O–H groups in total. The van der Waals surface area contributed by atoms with Gasteiger partial charge in [0.1, 0.15) is 5.75 Å². The van der Waals surface area contributed by atoms with Gasteiger partial charge >= 0.3 is 0 Å². The van der Waals surface area contributed by atoms with E-state index in [1.807, 2.05) is 75.5 Å². The number of rotatable bonds is 8. The number of hydrogen-bond donors (Lipinski definition) is 6. The summed E-state index contributed by atoms with van der Waals surface area (Å²) in [6.07, 6.45) is 0.866. The number of benzene rings is 2. The summed E-state index contributed by atoms with van der Waals surface area (Å²) in [5.41, 5.74) is 2.36. The molecule has 3 unspecified atom stereocenters. The third kappa shape index (κ3) is 15.1. The number of carbonyl (C=O) groups excluding carboxylic acids is 2. The van der Waals surface area contributed by atoms with Crippen molar-refractivity contribution in [2.45, 2.75) is 51.9 Å². The first-order chi connectivity index (χ1) is 18.9. The number of ether oxygens (including phenoxy) is 1. The number of carbonyl (C=O) groups is 3. The smallest absolute Gasteiger partial charge is 0.290 e. The molecule has 10 heteroatoms. The third-order valence-electron chi connectivity index (χ3n) is 5.54. The lowest BCUT2D eigenvalue weighted by atomic mass is 9.83. The molecule has 218 valence electrons. The first-order valence-electron chi connectivity index (χ1n) is 13.2. The highest BCUT2D eigenvalue weighted by atomic mass is 16.5. The van der Waals surface area contributed by atoms with Gasteiger partial charge in [-0.3, -0.25) is 14.4 Å². The highest BCUT2D eigenvalue weighted by Gasteiger charge is 2.48. The topological polar surface area (TPSA) is 149 Å². The van der Waals surface area contributed by atoms with E-state index in [2.05, 4.69) is 28.2 Å². The maximum absolute atomic E-state index is 11.6. The normalized spacial score (nSPS) is 18.8. The number of ketones is 2. The van der Waals surface area contributed by atoms with E-state index < -0.39 is 6.04 Å². The Morgan fingerprint density at radius 3 is 1.97 bits per heavy atom. The molecule has 1 aliphatic heterocycles. The van der Waals surface area contributed by atoms with Crippen LogP contribution in [0.1, 0.15) is 31.4 Å². The lowest BCUT2D eigenvalue weighted by Gasteiger charge is -2.34. The van der Waals surface area contributed by atoms with Crippen LogP contribution in [0.3, 0.4) is 0 Å². The van der Waals surface area contributed by atoms with Crippen molar-refractivity contribution in [3.63, 3.8) is 0 Å². The van der Waals surface area contributed by atoms with Crippen molar-refractivity contribution in [2.75, 3.05) is 40.3 Å². The zero-order valence-electron chi connectivity index (χ0n) is 23.8. The first-order valence-corrected chi connectivity index (χ1v) is 13.2. The Balaban J connectivity index is 0.000000594. The van der Waals surface area contributed by atoms with Crippen LogP contribution in [0.25, 0.3) is 0 Å². The number of aliphatic hydroxyl groups is 1. The summed E-state index contributed by atoms with van der Waals surface area (Å²) in [5, 5.41) is 27.8. The van der Waals surface area contributed by atoms with Crippen molar-refractivity contribution in [1.29, 1.82) is 0 Å². The molecule has 2 aliphatic rings. The molecule has 1 aliphatic carbocycles. The summed E-state index contributed by atoms with van der Waals surface area (Å²) >= 11 is 0. The summed E-state index contributed by atoms with van der Waals surface area (Å²) in [4.78, 5) is 31.4. The summed E-state index contributed by atoms with van der Waals surface area (Å²) in [6.45, 7) is 9.61. The van der Waals surface area contributed by atoms with Gasteiger partial charge in [-0.05, 0) is 44.6 Å². The molecule has 0 bridgehead atoms. The summed E-state index contributed by atoms with van der Waals surface area (Å²) in [5.74, 6) is 0.278. The van der Waals surface area contributed by atoms with Gasteiger partial charge < -0.3 is 36.2 Å². The molecular formula is C29H46N4O6. The quantitative estimate of drug-likeness (QED) is 0.164. The number of carboxylic acid groups (broad SMARTS) is 1. The molecule has 1 heterocycles. The first kappa shape index (κ1) is 35.9. The van der Waals surface area contributed by atoms with Gasteiger partial charge in [-0.15, -0.1) is 0 Å². The van der Waals surface area contributed by atoms with Gasteiger partial charge in [-0.2, -0.15) is 0 Å². The van der Waals surface area contributed by atoms with Crippen LogP contribution in [0, 0.1) is 6.92 Å². The van der Waals surface area contributed by atoms with Crippen LogP contribution in [0.5, 0.6) is 5.75 Å². The summed E-state index contributed by atoms with van der Waals surface area (Å²) in [7, 11) is 3.52. The minimum Gasteiger partial charge on any atom is -0.497 e. The van der Waals surface area contributed by atoms with Gasteiger partial charge in [0.15, 0.2) is 0 Å². The van der Waals surface area contributed by atoms with Crippen molar-refractivity contribution < 1.29 is 29.3 Å². The zero-order chi connectivity index (χ0) is 29.5. The number of methoxy groups -OCH3 is 1. The Labute approximate surface area is 232 Å². The summed E-state index contributed by atoms with van der Waals surface area (Å²) in [6, 6.07) is 17.0. The van der Waals surface area contributed by atoms with Gasteiger partial charge in [0.05, 0.1) is 25.3 Å². The van der Waals surface area contributed by atoms with E-state index >= 15 is 0 Å². The van der Waals surface area contributed by atoms with Crippen molar-refractivity contribution in [1.82, 2.24) is 21.3 Å². The van der Waals surface area contributed by atoms with Crippen molar-refractivity contribution in [2.24, 2.45) is 0 Å². The minimum absolute atomic E-state index is 0.0648. The van der Waals surface area contributed by atoms with E-state index in [9.17, 15) is 9.59 Å². The highest BCUT2D eigenvalue weighted by Crippen LogP contribution is 2.13. The number of nitrogens with one attached hydrogen (secondary N) is 4. The second-order valence-electron chi connectivity index (χ2n) is 8.38. The monoisotopic (exact) mass is 546 g/mol. The zero-order valence-corrected chi connectivity index (χ0v) is 23.8. The molecule has 0 aromatic heterocycles. The average Bonchev–Trinajstić information content (AvgIpc) is 3.46. The van der Waals surface area contributed by atoms with Crippen LogP contribution in [0.15, 0.2) is 54.6 Å². The Hall–Kier alpha value is -3.15. The van der Waals surface area contributed by atoms with Crippen LogP contribution >= 0.6 is 0 Å². The Bertz CT molecular complexity index is 906. The van der Waals surface area contributed by atoms with Gasteiger partial charge in [-0.1, -0.05) is 61.9 Å². The largest absolute Gasteiger partial charge is 0.497 e. The van der Waals surface area contributed by atoms with Crippen molar-refractivity contribution in [3.8, 4) is 5.75 Å². The molecular weight excluding hydrogens is 500 g/mol. The van der Waals surface area contributed by atoms with Crippen LogP contribution in [-0.2, 0) is 20.9 Å². The van der Waals surface area contributed by atoms with Crippen LogP contribution in [-0.4, -0.2) is 86.8 Å². The minimum atomic E-state index is -0.399. The second-order valence-corrected chi connectivity index (χ2v) is 8.38. The lowest BCUT2D eigenvalue weighted by molar-refractivity contribution is -0.147. The van der Waals surface area contributed by atoms with E-state index in [0.717, 1.165) is 37.4 Å². The second kappa shape index (κ2) is 22.8. The maximum Gasteiger partial charge on any atom is 0.290 e. The molecule has 0 amide bonds. The predicted molar refractivity (Wildman–Crippen MR) is 154 cm³/mol. The molecule has 3 atom stereocenters. The molecule has 4 rings (SSSR count). The molecule has 1 saturated carbocycles. The fourth-order valence-electron chi connectivity index (χ4n) is 3.42. The Morgan fingerprint density at radius 1 is 0.974 bits per heavy atom. The standard InChI is InChI=1S/C14H19N3O2.C8H10O.C4H9NO.C2H6.CH2O2/c1-15-7-8-16-11-12(14(19)13(11)18)17-9-10-5-3-2-4-6-10;1-7-3-5-8(9-2)6-4-7;6-4-1-2-5-3-4;1-2;2-1-3/h2-6,11-12,15-17H,7-9H2,1H3;3-6H,1-2H3;4-6H,1-3H2;1-2H3;1H,(H,2,3). The summed E-state index contributed by atoms with van der Waals surface area (Å²) < 4.78 is 4.97. The van der Waals surface area contributed by atoms with E-state index in [1.54, 1.807) is 7.11 Å². The molecule has 1 saturated heterocycles. The third-order valence-corrected chi connectivity index (χ3v) is 5.54. The fraction of sp³-hybridized carbons (Fsp3) is 0.483. The SMILES string of the molecule is CC.CNCCNC1C(=O)C(=O)C1NCc1ccccc1.COc1ccc(C)cc1.O=CO.OC1CCNC1. The number of aryl methyl sites for hydroxylation is 1. The number of hydrogen-bond acceptors (Lipinski definition) is 9. The van der Waals surface area contributed by atoms with Crippen LogP contribution in [0.2, 0.25) is 0 Å². The van der Waals surface area contributed by atoms with Gasteiger partial charge in [0.25, 0.3) is 6.47 Å². The molecule has 2 aromatic rings. The van der Waals surface area contributed by atoms with E-state index in [4.69, 9.17) is 19.7 Å². The highest BCUT2D eigenvalue weighted by molar-refractivity contribution is 6.49. The molecule has 39 heavy (non-hydrogen) atoms. The lowest BCUT2D eigenvalue weighted by Crippen LogP contribution is -2.69. The van der Waals surface area contributed by atoms with Gasteiger partial charge in [0, 0.05) is 26.2 Å². The van der Waals surface area contributed by atoms with Gasteiger partial charge in [0.2, 0.25) is 11.6 Å². The number of aliphatic hydroxyl groups excluding tert-OH is 1. The van der Waals surface area contributed by atoms with Crippen LogP contribution in [0.4, 0.5) is 0 Å². The molecule has 0 radical (unpaired) electrons. The van der Waals surface area contributed by atoms with Crippen molar-refractivity contribution >= 4 is 18.0 Å². The van der Waals surface area contributed by atoms with E-state index in [1.165, 1.54) is 5.56 Å². The number of β-amino-alcohol motifs (C(OH)–C–C–N with tert-alkyl or cyclic N) is 1. The molecule has 0 spiro atoms. The van der Waals surface area contributed by atoms with Crippen LogP contribution < -0.4 is 26.0 Å². The maximum atomic E-state index is 11.6. The van der Waals surface area contributed by atoms with E-state index in [0.29, 0.717) is 13.1 Å². The number of Topliss-reactive ketones (excluding diaryl/α,β-unsaturated/α-hetero) is 2. The van der Waals surface area contributed by atoms with E-state index in [-0.39, 0.29) is 30.2 Å². The number of likely N-dealkylation sites (N-methyl/N-ethyl adjacent to an activating group) is 1. The Kier molecular flexibility index (Phi) is 21.0.